The summed E-state index contributed by atoms with van der Waals surface area (Å²) in [5.41, 5.74) is 7.07. The minimum Gasteiger partial charge on any atom is -0.340 e. The highest BCUT2D eigenvalue weighted by molar-refractivity contribution is 7.15. The third-order valence-corrected chi connectivity index (χ3v) is 5.58. The third kappa shape index (κ3) is 2.90. The van der Waals surface area contributed by atoms with Crippen LogP contribution in [0.2, 0.25) is 0 Å². The fourth-order valence-corrected chi connectivity index (χ4v) is 4.25. The molecule has 0 aromatic carbocycles. The van der Waals surface area contributed by atoms with Crippen LogP contribution >= 0.6 is 22.7 Å². The molecule has 20 heavy (non-hydrogen) atoms. The highest BCUT2D eigenvalue weighted by Gasteiger charge is 2.32. The van der Waals surface area contributed by atoms with E-state index in [0.29, 0.717) is 18.5 Å². The van der Waals surface area contributed by atoms with Crippen molar-refractivity contribution < 1.29 is 0 Å². The molecular formula is C15H21N3S2. The largest absolute Gasteiger partial charge is 0.340 e. The first-order chi connectivity index (χ1) is 9.69. The van der Waals surface area contributed by atoms with E-state index in [1.54, 1.807) is 11.3 Å². The van der Waals surface area contributed by atoms with Gasteiger partial charge in [-0.3, -0.25) is 0 Å². The van der Waals surface area contributed by atoms with Crippen molar-refractivity contribution in [3.8, 4) is 0 Å². The highest BCUT2D eigenvalue weighted by atomic mass is 32.1. The molecule has 0 atom stereocenters. The lowest BCUT2D eigenvalue weighted by Gasteiger charge is -2.20. The maximum Gasteiger partial charge on any atom is 0.186 e. The lowest BCUT2D eigenvalue weighted by molar-refractivity contribution is 0.774. The average molecular weight is 307 g/mol. The molecule has 5 heteroatoms. The Balaban J connectivity index is 1.87. The molecule has 0 aliphatic heterocycles. The highest BCUT2D eigenvalue weighted by Crippen LogP contribution is 2.38. The van der Waals surface area contributed by atoms with Gasteiger partial charge in [0.25, 0.3) is 0 Å². The molecule has 0 amide bonds. The summed E-state index contributed by atoms with van der Waals surface area (Å²) in [6, 6.07) is 5.01. The molecule has 0 saturated heterocycles. The fourth-order valence-electron chi connectivity index (χ4n) is 2.38. The van der Waals surface area contributed by atoms with Crippen LogP contribution in [0.25, 0.3) is 0 Å². The third-order valence-electron chi connectivity index (χ3n) is 3.59. The first-order valence-corrected chi connectivity index (χ1v) is 8.87. The predicted molar refractivity (Wildman–Crippen MR) is 87.6 cm³/mol. The SMILES string of the molecule is CC(C)c1nc(N(Cc2cccs2)C2CC2)sc1CN. The second-order valence-corrected chi connectivity index (χ2v) is 7.70. The molecule has 2 N–H and O–H groups in total. The Bertz CT molecular complexity index is 556. The summed E-state index contributed by atoms with van der Waals surface area (Å²) >= 11 is 3.61. The summed E-state index contributed by atoms with van der Waals surface area (Å²) in [5, 5.41) is 3.30. The van der Waals surface area contributed by atoms with Gasteiger partial charge in [-0.05, 0) is 30.2 Å². The number of hydrogen-bond acceptors (Lipinski definition) is 5. The molecule has 1 saturated carbocycles. The summed E-state index contributed by atoms with van der Waals surface area (Å²) in [5.74, 6) is 0.446. The summed E-state index contributed by atoms with van der Waals surface area (Å²) in [6.07, 6.45) is 2.58. The van der Waals surface area contributed by atoms with Gasteiger partial charge >= 0.3 is 0 Å². The fraction of sp³-hybridized carbons (Fsp3) is 0.533. The van der Waals surface area contributed by atoms with E-state index in [0.717, 1.165) is 11.7 Å². The molecule has 0 radical (unpaired) electrons. The molecule has 0 unspecified atom stereocenters. The number of aromatic nitrogens is 1. The molecule has 2 heterocycles. The van der Waals surface area contributed by atoms with Crippen LogP contribution in [-0.2, 0) is 13.1 Å². The average Bonchev–Trinajstić information content (AvgIpc) is 2.98. The molecule has 2 aromatic heterocycles. The van der Waals surface area contributed by atoms with Crippen molar-refractivity contribution in [1.29, 1.82) is 0 Å². The van der Waals surface area contributed by atoms with Crippen molar-refractivity contribution in [3.05, 3.63) is 33.0 Å². The smallest absolute Gasteiger partial charge is 0.186 e. The number of anilines is 1. The van der Waals surface area contributed by atoms with Crippen LogP contribution in [0.4, 0.5) is 5.13 Å². The van der Waals surface area contributed by atoms with Gasteiger partial charge in [-0.15, -0.1) is 22.7 Å². The Morgan fingerprint density at radius 1 is 1.45 bits per heavy atom. The van der Waals surface area contributed by atoms with Gasteiger partial charge in [0.15, 0.2) is 5.13 Å². The van der Waals surface area contributed by atoms with Crippen molar-refractivity contribution in [2.75, 3.05) is 4.90 Å². The molecule has 108 valence electrons. The van der Waals surface area contributed by atoms with Gasteiger partial charge in [0.2, 0.25) is 0 Å². The Morgan fingerprint density at radius 3 is 2.75 bits per heavy atom. The summed E-state index contributed by atoms with van der Waals surface area (Å²) in [4.78, 5) is 10.0. The van der Waals surface area contributed by atoms with Gasteiger partial charge in [0, 0.05) is 22.3 Å². The normalized spacial score (nSPS) is 15.0. The minimum absolute atomic E-state index is 0.446. The van der Waals surface area contributed by atoms with E-state index in [-0.39, 0.29) is 0 Å². The van der Waals surface area contributed by atoms with Gasteiger partial charge in [0.1, 0.15) is 0 Å². The standard InChI is InChI=1S/C15H21N3S2/c1-10(2)14-13(8-16)20-15(17-14)18(11-5-6-11)9-12-4-3-7-19-12/h3-4,7,10-11H,5-6,8-9,16H2,1-2H3. The van der Waals surface area contributed by atoms with Gasteiger partial charge in [-0.2, -0.15) is 0 Å². The number of nitrogens with zero attached hydrogens (tertiary/aromatic N) is 2. The number of thiazole rings is 1. The van der Waals surface area contributed by atoms with Crippen LogP contribution in [-0.4, -0.2) is 11.0 Å². The molecular weight excluding hydrogens is 286 g/mol. The van der Waals surface area contributed by atoms with E-state index in [2.05, 4.69) is 36.3 Å². The van der Waals surface area contributed by atoms with Crippen LogP contribution in [0, 0.1) is 0 Å². The van der Waals surface area contributed by atoms with Crippen molar-refractivity contribution in [2.24, 2.45) is 5.73 Å². The van der Waals surface area contributed by atoms with Gasteiger partial charge in [-0.25, -0.2) is 4.98 Å². The molecule has 1 fully saturated rings. The van der Waals surface area contributed by atoms with Gasteiger partial charge in [-0.1, -0.05) is 19.9 Å². The van der Waals surface area contributed by atoms with E-state index in [1.807, 2.05) is 11.3 Å². The summed E-state index contributed by atoms with van der Waals surface area (Å²) in [6.45, 7) is 5.97. The van der Waals surface area contributed by atoms with Gasteiger partial charge in [0.05, 0.1) is 12.2 Å². The number of thiophene rings is 1. The summed E-state index contributed by atoms with van der Waals surface area (Å²) < 4.78 is 0. The van der Waals surface area contributed by atoms with E-state index < -0.39 is 0 Å². The quantitative estimate of drug-likeness (QED) is 0.878. The first kappa shape index (κ1) is 14.0. The summed E-state index contributed by atoms with van der Waals surface area (Å²) in [7, 11) is 0. The molecule has 0 bridgehead atoms. The maximum absolute atomic E-state index is 5.88. The van der Waals surface area contributed by atoms with Crippen molar-refractivity contribution in [3.63, 3.8) is 0 Å². The molecule has 0 spiro atoms. The zero-order chi connectivity index (χ0) is 14.1. The van der Waals surface area contributed by atoms with E-state index in [9.17, 15) is 0 Å². The number of rotatable bonds is 6. The zero-order valence-electron chi connectivity index (χ0n) is 12.0. The van der Waals surface area contributed by atoms with Crippen molar-refractivity contribution in [2.45, 2.75) is 51.7 Å². The van der Waals surface area contributed by atoms with Gasteiger partial charge < -0.3 is 10.6 Å². The maximum atomic E-state index is 5.88. The first-order valence-electron chi connectivity index (χ1n) is 7.17. The van der Waals surface area contributed by atoms with E-state index >= 15 is 0 Å². The topological polar surface area (TPSA) is 42.2 Å². The second kappa shape index (κ2) is 5.84. The number of nitrogens with two attached hydrogens (primary N) is 1. The lowest BCUT2D eigenvalue weighted by atomic mass is 10.1. The molecule has 2 aromatic rings. The van der Waals surface area contributed by atoms with Crippen LogP contribution < -0.4 is 10.6 Å². The molecule has 3 rings (SSSR count). The van der Waals surface area contributed by atoms with Crippen LogP contribution in [0.3, 0.4) is 0 Å². The zero-order valence-corrected chi connectivity index (χ0v) is 13.6. The molecule has 1 aliphatic rings. The van der Waals surface area contributed by atoms with E-state index in [1.165, 1.54) is 28.3 Å². The minimum atomic E-state index is 0.446. The lowest BCUT2D eigenvalue weighted by Crippen LogP contribution is -2.24. The Hall–Kier alpha value is -0.910. The number of hydrogen-bond donors (Lipinski definition) is 1. The van der Waals surface area contributed by atoms with Crippen LogP contribution in [0.1, 0.15) is 48.1 Å². The molecule has 3 nitrogen and oxygen atoms in total. The molecule has 1 aliphatic carbocycles. The second-order valence-electron chi connectivity index (χ2n) is 5.60. The Kier molecular flexibility index (Phi) is 4.10. The van der Waals surface area contributed by atoms with Crippen molar-refractivity contribution in [1.82, 2.24) is 4.98 Å². The van der Waals surface area contributed by atoms with Crippen LogP contribution in [0.15, 0.2) is 17.5 Å². The Labute approximate surface area is 128 Å². The van der Waals surface area contributed by atoms with Crippen molar-refractivity contribution >= 4 is 27.8 Å². The predicted octanol–water partition coefficient (Wildman–Crippen LogP) is 3.96. The Morgan fingerprint density at radius 2 is 2.25 bits per heavy atom. The monoisotopic (exact) mass is 307 g/mol. The van der Waals surface area contributed by atoms with Crippen LogP contribution in [0.5, 0.6) is 0 Å². The van der Waals surface area contributed by atoms with E-state index in [4.69, 9.17) is 10.7 Å².